The van der Waals surface area contributed by atoms with E-state index >= 15 is 0 Å². The number of benzene rings is 4. The molecule has 0 heterocycles. The van der Waals surface area contributed by atoms with E-state index in [0.29, 0.717) is 13.2 Å². The van der Waals surface area contributed by atoms with Crippen molar-refractivity contribution in [2.75, 3.05) is 23.9 Å². The van der Waals surface area contributed by atoms with Crippen molar-refractivity contribution in [3.8, 4) is 11.5 Å². The molecular weight excluding hydrogens is 576 g/mol. The zero-order valence-corrected chi connectivity index (χ0v) is 23.4. The van der Waals surface area contributed by atoms with Crippen LogP contribution in [0, 0.1) is 0 Å². The molecule has 0 amide bonds. The highest BCUT2D eigenvalue weighted by molar-refractivity contribution is 9.09. The number of hydrogen-bond donors (Lipinski definition) is 0. The zero-order valence-electron chi connectivity index (χ0n) is 20.2. The fraction of sp³-hybridized carbons (Fsp3) is 0.188. The molecule has 36 heavy (non-hydrogen) atoms. The maximum Gasteiger partial charge on any atom is 0.119 e. The molecule has 2 nitrogen and oxygen atoms in total. The van der Waals surface area contributed by atoms with Crippen LogP contribution >= 0.6 is 31.9 Å². The van der Waals surface area contributed by atoms with Crippen LogP contribution in [-0.2, 0) is 0 Å². The lowest BCUT2D eigenvalue weighted by Crippen LogP contribution is -2.00. The van der Waals surface area contributed by atoms with Crippen LogP contribution in [0.25, 0.3) is 11.1 Å². The minimum Gasteiger partial charge on any atom is -0.494 e. The van der Waals surface area contributed by atoms with Crippen LogP contribution in [0.5, 0.6) is 11.5 Å². The number of hydrogen-bond acceptors (Lipinski definition) is 2. The Balaban J connectivity index is 1.83. The second-order valence-electron chi connectivity index (χ2n) is 8.31. The Kier molecular flexibility index (Phi) is 10.2. The summed E-state index contributed by atoms with van der Waals surface area (Å²) in [5.74, 6) is 1.77. The lowest BCUT2D eigenvalue weighted by Gasteiger charge is -2.19. The highest BCUT2D eigenvalue weighted by Gasteiger charge is 2.16. The molecule has 0 bridgehead atoms. The molecule has 0 N–H and O–H groups in total. The number of alkyl halides is 2. The molecular formula is C32H30Br2O2. The van der Waals surface area contributed by atoms with Gasteiger partial charge in [-0.05, 0) is 70.5 Å². The second kappa shape index (κ2) is 14.1. The summed E-state index contributed by atoms with van der Waals surface area (Å²) in [6, 6.07) is 38.1. The van der Waals surface area contributed by atoms with Gasteiger partial charge in [0.05, 0.1) is 13.2 Å². The normalized spacial score (nSPS) is 10.6. The average Bonchev–Trinajstić information content (AvgIpc) is 2.94. The average molecular weight is 606 g/mol. The Bertz CT molecular complexity index is 1120. The Morgan fingerprint density at radius 3 is 1.11 bits per heavy atom. The van der Waals surface area contributed by atoms with Crippen LogP contribution in [0.1, 0.15) is 35.1 Å². The molecule has 0 spiro atoms. The third kappa shape index (κ3) is 7.11. The maximum atomic E-state index is 5.91. The van der Waals surface area contributed by atoms with Crippen molar-refractivity contribution in [2.24, 2.45) is 0 Å². The lowest BCUT2D eigenvalue weighted by molar-refractivity contribution is 0.319. The third-order valence-electron chi connectivity index (χ3n) is 5.75. The summed E-state index contributed by atoms with van der Waals surface area (Å²) in [6.07, 6.45) is 1.95. The van der Waals surface area contributed by atoms with Gasteiger partial charge in [0.2, 0.25) is 0 Å². The van der Waals surface area contributed by atoms with Gasteiger partial charge in [0, 0.05) is 10.7 Å². The van der Waals surface area contributed by atoms with Gasteiger partial charge in [-0.2, -0.15) is 0 Å². The summed E-state index contributed by atoms with van der Waals surface area (Å²) in [5, 5.41) is 1.87. The molecule has 0 saturated carbocycles. The standard InChI is InChI=1S/C32H30Br2O2/c33-21-7-23-35-29-17-13-27(14-18-29)32(28-15-19-30(20-16-28)36-24-8-22-34)31(25-9-3-1-4-10-25)26-11-5-2-6-12-26/h1-6,9-20H,7-8,21-24H2. The molecule has 0 atom stereocenters. The van der Waals surface area contributed by atoms with Crippen LogP contribution in [-0.4, -0.2) is 23.9 Å². The first-order valence-corrected chi connectivity index (χ1v) is 14.5. The number of ether oxygens (including phenoxy) is 2. The van der Waals surface area contributed by atoms with Crippen molar-refractivity contribution in [1.29, 1.82) is 0 Å². The van der Waals surface area contributed by atoms with Gasteiger partial charge in [0.15, 0.2) is 0 Å². The molecule has 4 rings (SSSR count). The van der Waals surface area contributed by atoms with Crippen LogP contribution in [0.2, 0.25) is 0 Å². The minimum absolute atomic E-state index is 0.698. The van der Waals surface area contributed by atoms with Crippen molar-refractivity contribution in [3.05, 3.63) is 131 Å². The molecule has 184 valence electrons. The Hall–Kier alpha value is -2.82. The predicted molar refractivity (Wildman–Crippen MR) is 159 cm³/mol. The van der Waals surface area contributed by atoms with E-state index in [9.17, 15) is 0 Å². The number of halogens is 2. The molecule has 0 aromatic heterocycles. The Morgan fingerprint density at radius 2 is 0.778 bits per heavy atom. The van der Waals surface area contributed by atoms with Gasteiger partial charge in [-0.25, -0.2) is 0 Å². The van der Waals surface area contributed by atoms with Crippen LogP contribution in [0.15, 0.2) is 109 Å². The molecule has 4 aromatic rings. The Labute approximate surface area is 231 Å². The summed E-state index contributed by atoms with van der Waals surface area (Å²) in [6.45, 7) is 1.40. The quantitative estimate of drug-likeness (QED) is 0.0911. The van der Waals surface area contributed by atoms with E-state index in [4.69, 9.17) is 9.47 Å². The third-order valence-corrected chi connectivity index (χ3v) is 6.88. The van der Waals surface area contributed by atoms with E-state index in [2.05, 4.69) is 141 Å². The van der Waals surface area contributed by atoms with E-state index in [1.165, 1.54) is 22.3 Å². The minimum atomic E-state index is 0.698. The number of rotatable bonds is 12. The lowest BCUT2D eigenvalue weighted by atomic mass is 9.86. The van der Waals surface area contributed by atoms with Gasteiger partial charge < -0.3 is 9.47 Å². The molecule has 0 fully saturated rings. The SMILES string of the molecule is BrCCCOc1ccc(C(=C(c2ccccc2)c2ccccc2)c2ccc(OCCCBr)cc2)cc1. The first-order valence-electron chi connectivity index (χ1n) is 12.2. The summed E-state index contributed by atoms with van der Waals surface area (Å²) in [7, 11) is 0. The molecule has 0 unspecified atom stereocenters. The highest BCUT2D eigenvalue weighted by atomic mass is 79.9. The maximum absolute atomic E-state index is 5.91. The molecule has 0 aliphatic heterocycles. The van der Waals surface area contributed by atoms with Gasteiger partial charge in [-0.15, -0.1) is 0 Å². The molecule has 4 aromatic carbocycles. The van der Waals surface area contributed by atoms with E-state index in [-0.39, 0.29) is 0 Å². The highest BCUT2D eigenvalue weighted by Crippen LogP contribution is 2.37. The van der Waals surface area contributed by atoms with E-state index in [1.807, 2.05) is 0 Å². The molecule has 0 aliphatic rings. The monoisotopic (exact) mass is 604 g/mol. The second-order valence-corrected chi connectivity index (χ2v) is 9.90. The Morgan fingerprint density at radius 1 is 0.444 bits per heavy atom. The first kappa shape index (κ1) is 26.2. The predicted octanol–water partition coefficient (Wildman–Crippen LogP) is 9.02. The van der Waals surface area contributed by atoms with Gasteiger partial charge in [-0.1, -0.05) is 117 Å². The van der Waals surface area contributed by atoms with Gasteiger partial charge in [0.1, 0.15) is 11.5 Å². The van der Waals surface area contributed by atoms with Crippen LogP contribution < -0.4 is 9.47 Å². The van der Waals surface area contributed by atoms with Gasteiger partial charge in [-0.3, -0.25) is 0 Å². The molecule has 0 radical (unpaired) electrons. The van der Waals surface area contributed by atoms with Crippen molar-refractivity contribution >= 4 is 43.0 Å². The molecule has 0 aliphatic carbocycles. The van der Waals surface area contributed by atoms with Crippen molar-refractivity contribution in [3.63, 3.8) is 0 Å². The van der Waals surface area contributed by atoms with E-state index < -0.39 is 0 Å². The fourth-order valence-corrected chi connectivity index (χ4v) is 4.50. The van der Waals surface area contributed by atoms with Crippen LogP contribution in [0.4, 0.5) is 0 Å². The van der Waals surface area contributed by atoms with Crippen molar-refractivity contribution < 1.29 is 9.47 Å². The van der Waals surface area contributed by atoms with E-state index in [1.54, 1.807) is 0 Å². The zero-order chi connectivity index (χ0) is 25.0. The van der Waals surface area contributed by atoms with Gasteiger partial charge in [0.25, 0.3) is 0 Å². The summed E-state index contributed by atoms with van der Waals surface area (Å²) < 4.78 is 11.8. The molecule has 4 heteroatoms. The topological polar surface area (TPSA) is 18.5 Å². The van der Waals surface area contributed by atoms with E-state index in [0.717, 1.165) is 46.1 Å². The summed E-state index contributed by atoms with van der Waals surface area (Å²) in [5.41, 5.74) is 6.99. The van der Waals surface area contributed by atoms with Gasteiger partial charge >= 0.3 is 0 Å². The summed E-state index contributed by atoms with van der Waals surface area (Å²) in [4.78, 5) is 0. The fourth-order valence-electron chi connectivity index (χ4n) is 4.05. The largest absolute Gasteiger partial charge is 0.494 e. The van der Waals surface area contributed by atoms with Crippen molar-refractivity contribution in [1.82, 2.24) is 0 Å². The summed E-state index contributed by atoms with van der Waals surface area (Å²) >= 11 is 6.93. The smallest absolute Gasteiger partial charge is 0.119 e. The van der Waals surface area contributed by atoms with Crippen LogP contribution in [0.3, 0.4) is 0 Å². The first-order chi connectivity index (χ1) is 17.8. The molecule has 0 saturated heterocycles. The van der Waals surface area contributed by atoms with Crippen molar-refractivity contribution in [2.45, 2.75) is 12.8 Å².